The molecule has 0 atom stereocenters. The van der Waals surface area contributed by atoms with Gasteiger partial charge in [-0.1, -0.05) is 62.0 Å². The lowest BCUT2D eigenvalue weighted by atomic mass is 9.80. The molecule has 0 radical (unpaired) electrons. The van der Waals surface area contributed by atoms with Crippen molar-refractivity contribution in [3.63, 3.8) is 0 Å². The average molecular weight is 781 g/mol. The van der Waals surface area contributed by atoms with Crippen molar-refractivity contribution in [3.05, 3.63) is 137 Å². The van der Waals surface area contributed by atoms with Crippen LogP contribution in [0.5, 0.6) is 17.2 Å². The Hall–Kier alpha value is -3.84. The summed E-state index contributed by atoms with van der Waals surface area (Å²) in [4.78, 5) is 0. The van der Waals surface area contributed by atoms with E-state index in [1.54, 1.807) is 72.8 Å². The van der Waals surface area contributed by atoms with E-state index in [1.165, 1.54) is 21.3 Å². The Morgan fingerprint density at radius 2 is 0.830 bits per heavy atom. The van der Waals surface area contributed by atoms with Gasteiger partial charge >= 0.3 is 7.12 Å². The summed E-state index contributed by atoms with van der Waals surface area (Å²) < 4.78 is 70.2. The molecule has 12 heteroatoms. The Morgan fingerprint density at radius 3 is 1.17 bits per heavy atom. The molecular formula is C35H34BBr2F4O5-. The smallest absolute Gasteiger partial charge is 0.492 e. The highest BCUT2D eigenvalue weighted by Gasteiger charge is 2.22. The monoisotopic (exact) mass is 779 g/mol. The van der Waals surface area contributed by atoms with Crippen LogP contribution in [0.3, 0.4) is 0 Å². The number of rotatable bonds is 6. The minimum absolute atomic E-state index is 0. The van der Waals surface area contributed by atoms with E-state index < -0.39 is 30.4 Å². The summed E-state index contributed by atoms with van der Waals surface area (Å²) >= 11 is 5.74. The fourth-order valence-corrected chi connectivity index (χ4v) is 4.81. The highest BCUT2D eigenvalue weighted by Crippen LogP contribution is 2.43. The normalized spacial score (nSPS) is 9.68. The molecule has 0 heterocycles. The van der Waals surface area contributed by atoms with E-state index >= 15 is 0 Å². The van der Waals surface area contributed by atoms with E-state index in [2.05, 4.69) is 31.9 Å². The highest BCUT2D eigenvalue weighted by molar-refractivity contribution is 9.13. The second-order valence-electron chi connectivity index (χ2n) is 8.95. The van der Waals surface area contributed by atoms with Crippen molar-refractivity contribution in [1.82, 2.24) is 0 Å². The molecule has 250 valence electrons. The van der Waals surface area contributed by atoms with Crippen molar-refractivity contribution < 1.29 is 41.8 Å². The number of ether oxygens (including phenoxy) is 3. The van der Waals surface area contributed by atoms with Crippen LogP contribution >= 0.6 is 31.9 Å². The molecule has 47 heavy (non-hydrogen) atoms. The maximum Gasteiger partial charge on any atom is 0.492 e. The van der Waals surface area contributed by atoms with Crippen molar-refractivity contribution >= 4 is 44.4 Å². The molecule has 0 aliphatic rings. The van der Waals surface area contributed by atoms with Gasteiger partial charge in [-0.15, -0.1) is 0 Å². The predicted octanol–water partition coefficient (Wildman–Crippen LogP) is 9.27. The first-order chi connectivity index (χ1) is 21.5. The molecule has 2 N–H and O–H groups in total. The van der Waals surface area contributed by atoms with Crippen molar-refractivity contribution in [1.29, 1.82) is 0 Å². The van der Waals surface area contributed by atoms with Crippen LogP contribution in [0.15, 0.2) is 106 Å². The van der Waals surface area contributed by atoms with Crippen LogP contribution in [0.1, 0.15) is 7.43 Å². The number of methoxy groups -OCH3 is 3. The fraction of sp³-hybridized carbons (Fsp3) is 0.114. The van der Waals surface area contributed by atoms with Crippen LogP contribution in [-0.2, 0) is 0 Å². The molecule has 0 spiro atoms. The third-order valence-electron chi connectivity index (χ3n) is 6.26. The molecule has 0 aromatic heterocycles. The predicted molar refractivity (Wildman–Crippen MR) is 188 cm³/mol. The van der Waals surface area contributed by atoms with Crippen molar-refractivity contribution in [2.24, 2.45) is 0 Å². The van der Waals surface area contributed by atoms with Crippen LogP contribution in [0, 0.1) is 30.7 Å². The summed E-state index contributed by atoms with van der Waals surface area (Å²) in [5.41, 5.74) is 1.65. The Labute approximate surface area is 290 Å². The Bertz CT molecular complexity index is 1640. The van der Waals surface area contributed by atoms with Gasteiger partial charge in [-0.25, -0.2) is 17.6 Å². The first kappa shape index (κ1) is 41.2. The van der Waals surface area contributed by atoms with Crippen molar-refractivity contribution in [3.8, 4) is 39.5 Å². The maximum absolute atomic E-state index is 14.7. The molecule has 0 aliphatic heterocycles. The van der Waals surface area contributed by atoms with Crippen molar-refractivity contribution in [2.75, 3.05) is 21.3 Å². The summed E-state index contributed by atoms with van der Waals surface area (Å²) in [7, 11) is 3.02. The van der Waals surface area contributed by atoms with E-state index in [9.17, 15) is 17.6 Å². The number of para-hydroxylation sites is 3. The second kappa shape index (κ2) is 19.7. The molecule has 0 saturated heterocycles. The maximum atomic E-state index is 14.7. The van der Waals surface area contributed by atoms with Gasteiger partial charge in [-0.2, -0.15) is 0 Å². The summed E-state index contributed by atoms with van der Waals surface area (Å²) in [6, 6.07) is 25.0. The van der Waals surface area contributed by atoms with Crippen LogP contribution in [0.2, 0.25) is 0 Å². The molecular weight excluding hydrogens is 747 g/mol. The number of halogens is 6. The SMILES string of the molecule is C.COc1ccccc1-c1c(F)ccc(F)c1-c1ccccc1OC.COc1ccccc1B(O)O.Fc1ccc(F)c(Br)c1Br.[CH3-]. The van der Waals surface area contributed by atoms with Gasteiger partial charge < -0.3 is 31.7 Å². The molecule has 0 bridgehead atoms. The number of hydrogen-bond donors (Lipinski definition) is 2. The van der Waals surface area contributed by atoms with E-state index in [0.29, 0.717) is 33.8 Å². The minimum Gasteiger partial charge on any atom is -0.497 e. The molecule has 0 fully saturated rings. The lowest BCUT2D eigenvalue weighted by Crippen LogP contribution is -2.30. The van der Waals surface area contributed by atoms with Gasteiger partial charge in [-0.05, 0) is 74.3 Å². The summed E-state index contributed by atoms with van der Waals surface area (Å²) in [5.74, 6) is -0.580. The molecule has 5 nitrogen and oxygen atoms in total. The lowest BCUT2D eigenvalue weighted by molar-refractivity contribution is 0.403. The van der Waals surface area contributed by atoms with E-state index in [1.807, 2.05) is 0 Å². The van der Waals surface area contributed by atoms with Gasteiger partial charge in [0.1, 0.15) is 40.5 Å². The molecule has 5 aromatic rings. The summed E-state index contributed by atoms with van der Waals surface area (Å²) in [6.07, 6.45) is 0. The van der Waals surface area contributed by atoms with Gasteiger partial charge in [0.2, 0.25) is 0 Å². The fourth-order valence-electron chi connectivity index (χ4n) is 4.16. The van der Waals surface area contributed by atoms with Gasteiger partial charge in [0.25, 0.3) is 0 Å². The van der Waals surface area contributed by atoms with Crippen LogP contribution in [-0.4, -0.2) is 38.5 Å². The number of hydrogen-bond acceptors (Lipinski definition) is 5. The van der Waals surface area contributed by atoms with E-state index in [-0.39, 0.29) is 34.9 Å². The highest BCUT2D eigenvalue weighted by atomic mass is 79.9. The minimum atomic E-state index is -1.47. The third kappa shape index (κ3) is 10.3. The molecule has 0 amide bonds. The molecule has 0 saturated carbocycles. The van der Waals surface area contributed by atoms with E-state index in [0.717, 1.165) is 24.3 Å². The van der Waals surface area contributed by atoms with Gasteiger partial charge in [0.15, 0.2) is 0 Å². The standard InChI is InChI=1S/C20H16F2O2.C7H9BO3.C6H2Br2F2.CH4.CH3/c1-23-17-9-5-3-7-13(17)19-15(21)11-12-16(22)20(19)14-8-4-6-10-18(14)24-2;1-11-7-5-3-2-4-6(7)8(9)10;7-5-3(9)1-2-4(10)6(5)8;;/h3-12H,1-2H3;2-5,9-10H,1H3;1-2H;1H4;1H3/q;;;;-1. The number of benzene rings is 5. The van der Waals surface area contributed by atoms with Crippen LogP contribution in [0.4, 0.5) is 17.6 Å². The van der Waals surface area contributed by atoms with Crippen LogP contribution < -0.4 is 19.7 Å². The first-order valence-corrected chi connectivity index (χ1v) is 14.7. The second-order valence-corrected chi connectivity index (χ2v) is 10.5. The first-order valence-electron chi connectivity index (χ1n) is 13.1. The summed E-state index contributed by atoms with van der Waals surface area (Å²) in [5, 5.41) is 17.6. The van der Waals surface area contributed by atoms with Gasteiger partial charge in [0.05, 0.1) is 30.3 Å². The molecule has 5 aromatic carbocycles. The van der Waals surface area contributed by atoms with Crippen molar-refractivity contribution in [2.45, 2.75) is 7.43 Å². The summed E-state index contributed by atoms with van der Waals surface area (Å²) in [6.45, 7) is 0. The Balaban J connectivity index is 0.000000401. The van der Waals surface area contributed by atoms with Gasteiger partial charge in [-0.3, -0.25) is 0 Å². The zero-order valence-electron chi connectivity index (χ0n) is 25.2. The average Bonchev–Trinajstić information content (AvgIpc) is 3.07. The quantitative estimate of drug-likeness (QED) is 0.0592. The topological polar surface area (TPSA) is 68.2 Å². The lowest BCUT2D eigenvalue weighted by Gasteiger charge is -2.17. The van der Waals surface area contributed by atoms with E-state index in [4.69, 9.17) is 24.3 Å². The van der Waals surface area contributed by atoms with Gasteiger partial charge in [0, 0.05) is 27.7 Å². The zero-order chi connectivity index (χ0) is 33.1. The largest absolute Gasteiger partial charge is 0.497 e. The molecule has 5 rings (SSSR count). The molecule has 0 aliphatic carbocycles. The third-order valence-corrected chi connectivity index (χ3v) is 8.34. The Morgan fingerprint density at radius 1 is 0.511 bits per heavy atom. The van der Waals surface area contributed by atoms with Crippen LogP contribution in [0.25, 0.3) is 22.3 Å². The Kier molecular flexibility index (Phi) is 17.3. The zero-order valence-corrected chi connectivity index (χ0v) is 28.4. The molecule has 0 unspecified atom stereocenters.